The molecule has 9 nitrogen and oxygen atoms in total. The summed E-state index contributed by atoms with van der Waals surface area (Å²) in [7, 11) is 2.85. The van der Waals surface area contributed by atoms with Gasteiger partial charge in [0.25, 0.3) is 0 Å². The number of urea groups is 1. The molecule has 0 spiro atoms. The number of allylic oxidation sites excluding steroid dienone is 1. The molecular formula is C24H26N2O7. The lowest BCUT2D eigenvalue weighted by molar-refractivity contribution is -0.140. The molecular weight excluding hydrogens is 428 g/mol. The molecule has 0 unspecified atom stereocenters. The summed E-state index contributed by atoms with van der Waals surface area (Å²) >= 11 is 0. The van der Waals surface area contributed by atoms with Crippen molar-refractivity contribution in [1.29, 1.82) is 0 Å². The van der Waals surface area contributed by atoms with Gasteiger partial charge in [-0.3, -0.25) is 0 Å². The number of amides is 2. The number of rotatable bonds is 9. The van der Waals surface area contributed by atoms with Crippen LogP contribution < -0.4 is 15.4 Å². The summed E-state index contributed by atoms with van der Waals surface area (Å²) < 4.78 is 20.7. The van der Waals surface area contributed by atoms with Crippen molar-refractivity contribution in [1.82, 2.24) is 10.6 Å². The topological polar surface area (TPSA) is 112 Å². The third-order valence-electron chi connectivity index (χ3n) is 5.00. The summed E-state index contributed by atoms with van der Waals surface area (Å²) in [5, 5.41) is 5.37. The number of hydrogen-bond donors (Lipinski definition) is 2. The van der Waals surface area contributed by atoms with Gasteiger partial charge in [-0.25, -0.2) is 14.4 Å². The van der Waals surface area contributed by atoms with Crippen LogP contribution in [0.5, 0.6) is 5.75 Å². The van der Waals surface area contributed by atoms with E-state index in [1.165, 1.54) is 14.2 Å². The summed E-state index contributed by atoms with van der Waals surface area (Å²) in [5.41, 5.74) is 2.82. The molecule has 0 fully saturated rings. The molecule has 1 heterocycles. The fourth-order valence-corrected chi connectivity index (χ4v) is 3.29. The van der Waals surface area contributed by atoms with Crippen LogP contribution in [0.15, 0.2) is 59.8 Å². The summed E-state index contributed by atoms with van der Waals surface area (Å²) in [6.07, 6.45) is 0. The molecule has 1 aliphatic heterocycles. The van der Waals surface area contributed by atoms with Gasteiger partial charge in [-0.1, -0.05) is 24.3 Å². The van der Waals surface area contributed by atoms with Crippen molar-refractivity contribution < 1.29 is 33.3 Å². The lowest BCUT2D eigenvalue weighted by Crippen LogP contribution is -2.45. The Bertz CT molecular complexity index is 1030. The lowest BCUT2D eigenvalue weighted by Gasteiger charge is -2.28. The van der Waals surface area contributed by atoms with Crippen molar-refractivity contribution in [2.45, 2.75) is 19.6 Å². The lowest BCUT2D eigenvalue weighted by atomic mass is 9.95. The van der Waals surface area contributed by atoms with E-state index in [9.17, 15) is 14.4 Å². The van der Waals surface area contributed by atoms with Gasteiger partial charge in [0.2, 0.25) is 0 Å². The summed E-state index contributed by atoms with van der Waals surface area (Å²) in [5.74, 6) is -0.312. The van der Waals surface area contributed by atoms with Gasteiger partial charge in [-0.15, -0.1) is 0 Å². The molecule has 0 bridgehead atoms. The van der Waals surface area contributed by atoms with Crippen LogP contribution in [0.3, 0.4) is 0 Å². The number of nitrogens with one attached hydrogen (secondary N) is 2. The first-order chi connectivity index (χ1) is 15.9. The molecule has 2 amide bonds. The van der Waals surface area contributed by atoms with Crippen LogP contribution in [0.1, 0.15) is 34.5 Å². The highest BCUT2D eigenvalue weighted by molar-refractivity contribution is 5.95. The van der Waals surface area contributed by atoms with Gasteiger partial charge in [0.15, 0.2) is 0 Å². The molecule has 3 rings (SSSR count). The molecule has 174 valence electrons. The number of methoxy groups -OCH3 is 2. The van der Waals surface area contributed by atoms with E-state index in [1.54, 1.807) is 55.5 Å². The molecule has 0 aliphatic carbocycles. The standard InChI is InChI=1S/C24H26N2O7/c1-15-20(23(28)32-13-12-30-2)21(26-24(29)25-15)17-8-10-19(11-9-17)33-14-16-4-6-18(7-5-16)22(27)31-3/h4-11,21H,12-14H2,1-3H3,(H2,25,26,29)/t21-/m0/s1. The maximum absolute atomic E-state index is 12.6. The first-order valence-corrected chi connectivity index (χ1v) is 10.3. The van der Waals surface area contributed by atoms with E-state index in [0.29, 0.717) is 34.8 Å². The van der Waals surface area contributed by atoms with Crippen LogP contribution in [0.4, 0.5) is 4.79 Å². The van der Waals surface area contributed by atoms with Crippen LogP contribution in [-0.2, 0) is 25.6 Å². The van der Waals surface area contributed by atoms with Gasteiger partial charge in [0, 0.05) is 12.8 Å². The van der Waals surface area contributed by atoms with Crippen LogP contribution in [-0.4, -0.2) is 45.4 Å². The SMILES string of the molecule is COCCOC(=O)C1=C(C)NC(=O)N[C@H]1c1ccc(OCc2ccc(C(=O)OC)cc2)cc1. The molecule has 2 aromatic carbocycles. The number of ether oxygens (including phenoxy) is 4. The van der Waals surface area contributed by atoms with Crippen molar-refractivity contribution >= 4 is 18.0 Å². The average Bonchev–Trinajstić information content (AvgIpc) is 2.82. The van der Waals surface area contributed by atoms with Crippen molar-refractivity contribution in [3.63, 3.8) is 0 Å². The molecule has 9 heteroatoms. The monoisotopic (exact) mass is 454 g/mol. The van der Waals surface area contributed by atoms with E-state index >= 15 is 0 Å². The largest absolute Gasteiger partial charge is 0.489 e. The molecule has 0 radical (unpaired) electrons. The van der Waals surface area contributed by atoms with Crippen LogP contribution in [0, 0.1) is 0 Å². The second-order valence-corrected chi connectivity index (χ2v) is 7.25. The number of hydrogen-bond acceptors (Lipinski definition) is 7. The molecule has 2 aromatic rings. The first kappa shape index (κ1) is 23.8. The Morgan fingerprint density at radius 3 is 2.27 bits per heavy atom. The van der Waals surface area contributed by atoms with Gasteiger partial charge in [-0.05, 0) is 42.3 Å². The predicted octanol–water partition coefficient (Wildman–Crippen LogP) is 2.87. The Morgan fingerprint density at radius 1 is 0.939 bits per heavy atom. The molecule has 1 atom stereocenters. The highest BCUT2D eigenvalue weighted by Crippen LogP contribution is 2.29. The normalized spacial score (nSPS) is 15.4. The number of carbonyl (C=O) groups is 3. The van der Waals surface area contributed by atoms with Crippen LogP contribution >= 0.6 is 0 Å². The zero-order chi connectivity index (χ0) is 23.8. The number of benzene rings is 2. The van der Waals surface area contributed by atoms with Crippen molar-refractivity contribution in [2.75, 3.05) is 27.4 Å². The number of esters is 2. The Balaban J connectivity index is 1.68. The average molecular weight is 454 g/mol. The minimum Gasteiger partial charge on any atom is -0.489 e. The van der Waals surface area contributed by atoms with E-state index in [0.717, 1.165) is 5.56 Å². The molecule has 0 saturated heterocycles. The van der Waals surface area contributed by atoms with Gasteiger partial charge < -0.3 is 29.6 Å². The maximum atomic E-state index is 12.6. The highest BCUT2D eigenvalue weighted by atomic mass is 16.6. The van der Waals surface area contributed by atoms with Gasteiger partial charge in [-0.2, -0.15) is 0 Å². The molecule has 0 saturated carbocycles. The molecule has 0 aromatic heterocycles. The second kappa shape index (κ2) is 11.1. The summed E-state index contributed by atoms with van der Waals surface area (Å²) in [4.78, 5) is 36.1. The maximum Gasteiger partial charge on any atom is 0.338 e. The smallest absolute Gasteiger partial charge is 0.338 e. The van der Waals surface area contributed by atoms with E-state index in [2.05, 4.69) is 15.4 Å². The summed E-state index contributed by atoms with van der Waals surface area (Å²) in [6, 6.07) is 13.0. The molecule has 2 N–H and O–H groups in total. The fourth-order valence-electron chi connectivity index (χ4n) is 3.29. The minimum atomic E-state index is -0.659. The second-order valence-electron chi connectivity index (χ2n) is 7.25. The fraction of sp³-hybridized carbons (Fsp3) is 0.292. The Kier molecular flexibility index (Phi) is 8.04. The third-order valence-corrected chi connectivity index (χ3v) is 5.00. The summed E-state index contributed by atoms with van der Waals surface area (Å²) in [6.45, 7) is 2.35. The van der Waals surface area contributed by atoms with Crippen LogP contribution in [0.25, 0.3) is 0 Å². The first-order valence-electron chi connectivity index (χ1n) is 10.3. The van der Waals surface area contributed by atoms with E-state index in [4.69, 9.17) is 14.2 Å². The van der Waals surface area contributed by atoms with Gasteiger partial charge in [0.1, 0.15) is 19.0 Å². The molecule has 1 aliphatic rings. The van der Waals surface area contributed by atoms with E-state index < -0.39 is 24.0 Å². The van der Waals surface area contributed by atoms with Crippen molar-refractivity contribution in [3.05, 3.63) is 76.5 Å². The predicted molar refractivity (Wildman–Crippen MR) is 118 cm³/mol. The zero-order valence-electron chi connectivity index (χ0n) is 18.7. The van der Waals surface area contributed by atoms with E-state index in [-0.39, 0.29) is 13.2 Å². The van der Waals surface area contributed by atoms with Crippen molar-refractivity contribution in [3.8, 4) is 5.75 Å². The van der Waals surface area contributed by atoms with Crippen LogP contribution in [0.2, 0.25) is 0 Å². The Morgan fingerprint density at radius 2 is 1.64 bits per heavy atom. The Hall–Kier alpha value is -3.85. The zero-order valence-corrected chi connectivity index (χ0v) is 18.7. The quantitative estimate of drug-likeness (QED) is 0.443. The van der Waals surface area contributed by atoms with Crippen molar-refractivity contribution in [2.24, 2.45) is 0 Å². The van der Waals surface area contributed by atoms with Gasteiger partial charge >= 0.3 is 18.0 Å². The molecule has 33 heavy (non-hydrogen) atoms. The third kappa shape index (κ3) is 6.11. The van der Waals surface area contributed by atoms with E-state index in [1.807, 2.05) is 0 Å². The highest BCUT2D eigenvalue weighted by Gasteiger charge is 2.32. The number of carbonyl (C=O) groups excluding carboxylic acids is 3. The Labute approximate surface area is 191 Å². The van der Waals surface area contributed by atoms with Gasteiger partial charge in [0.05, 0.1) is 30.9 Å². The minimum absolute atomic E-state index is 0.111.